The number of hydrogen-bond donors (Lipinski definition) is 0. The second kappa shape index (κ2) is 10.8. The molecule has 0 aromatic heterocycles. The van der Waals surface area contributed by atoms with Gasteiger partial charge in [-0.1, -0.05) is 0 Å². The third kappa shape index (κ3) is 4.96. The summed E-state index contributed by atoms with van der Waals surface area (Å²) in [4.78, 5) is 0. The van der Waals surface area contributed by atoms with Gasteiger partial charge in [0.2, 0.25) is 0 Å². The van der Waals surface area contributed by atoms with Gasteiger partial charge in [0.15, 0.2) is 0 Å². The average molecular weight is 483 g/mol. The minimum Gasteiger partial charge on any atom is -0.147 e. The molecule has 2 aliphatic rings. The van der Waals surface area contributed by atoms with Gasteiger partial charge in [-0.3, -0.25) is 0 Å². The Labute approximate surface area is 197 Å². The van der Waals surface area contributed by atoms with E-state index in [0.717, 1.165) is 0 Å². The molecular weight excluding hydrogens is 447 g/mol. The van der Waals surface area contributed by atoms with E-state index in [1.54, 1.807) is 33.4 Å². The van der Waals surface area contributed by atoms with Crippen LogP contribution in [0.5, 0.6) is 0 Å². The van der Waals surface area contributed by atoms with E-state index in [-0.39, 0.29) is 24.8 Å². The van der Waals surface area contributed by atoms with E-state index in [9.17, 15) is 0 Å². The van der Waals surface area contributed by atoms with Crippen LogP contribution in [-0.4, -0.2) is 6.91 Å². The van der Waals surface area contributed by atoms with Crippen LogP contribution in [0.4, 0.5) is 0 Å². The molecule has 29 heavy (non-hydrogen) atoms. The van der Waals surface area contributed by atoms with Crippen LogP contribution in [0.15, 0.2) is 71.5 Å². The molecule has 0 aliphatic heterocycles. The van der Waals surface area contributed by atoms with Crippen molar-refractivity contribution in [1.29, 1.82) is 0 Å². The molecular formula is C25H36Cl2SiTi. The maximum Gasteiger partial charge on any atom is -0.147 e. The largest absolute Gasteiger partial charge is 0.147 e. The smallest absolute Gasteiger partial charge is 0.147 e. The van der Waals surface area contributed by atoms with Crippen molar-refractivity contribution in [3.05, 3.63) is 77.1 Å². The molecule has 3 rings (SSSR count). The molecule has 2 atom stereocenters. The van der Waals surface area contributed by atoms with Gasteiger partial charge in [0.05, 0.1) is 0 Å². The molecule has 1 aromatic rings. The standard InChI is InChI=1S/2C9H13.C7H8Si.2ClH.Ti/c2*1-6-5-7(2)9(4)8(6)3;8-6-7-4-2-1-3-5-7;;;/h2*6H,1-4H3;1-5,8H,6H2;2*1H;. The fourth-order valence-electron chi connectivity index (χ4n) is 4.80. The molecule has 158 valence electrons. The average Bonchev–Trinajstić information content (AvgIpc) is 2.98. The Balaban J connectivity index is 0.00000210. The zero-order chi connectivity index (χ0) is 19.9. The summed E-state index contributed by atoms with van der Waals surface area (Å²) in [5.41, 5.74) is 11.2. The molecule has 0 fully saturated rings. The Kier molecular flexibility index (Phi) is 9.98. The Hall–Kier alpha value is -0.309. The van der Waals surface area contributed by atoms with Gasteiger partial charge in [-0.2, -0.15) is 0 Å². The number of halogens is 2. The van der Waals surface area contributed by atoms with Crippen molar-refractivity contribution in [3.8, 4) is 0 Å². The van der Waals surface area contributed by atoms with Crippen molar-refractivity contribution >= 4 is 31.7 Å². The van der Waals surface area contributed by atoms with E-state index in [4.69, 9.17) is 0 Å². The first kappa shape index (κ1) is 26.7. The fraction of sp³-hybridized carbons (Fsp3) is 0.440. The van der Waals surface area contributed by atoms with Crippen LogP contribution in [0.1, 0.15) is 61.0 Å². The maximum absolute atomic E-state index is 2.47. The molecule has 0 saturated heterocycles. The summed E-state index contributed by atoms with van der Waals surface area (Å²) in [5.74, 6) is 1.33. The third-order valence-electron chi connectivity index (χ3n) is 7.25. The Morgan fingerprint density at radius 3 is 1.45 bits per heavy atom. The van der Waals surface area contributed by atoms with E-state index >= 15 is 0 Å². The number of allylic oxidation sites excluding steroid dienone is 8. The summed E-state index contributed by atoms with van der Waals surface area (Å²) in [6, 6.07) is 12.5. The van der Waals surface area contributed by atoms with E-state index in [1.807, 2.05) is 7.76 Å². The van der Waals surface area contributed by atoms with Crippen molar-refractivity contribution < 1.29 is 16.6 Å². The molecule has 2 aliphatic carbocycles. The van der Waals surface area contributed by atoms with Crippen molar-refractivity contribution in [2.45, 2.75) is 61.4 Å². The first-order valence-corrected chi connectivity index (χ1v) is 15.9. The predicted molar refractivity (Wildman–Crippen MR) is 132 cm³/mol. The zero-order valence-electron chi connectivity index (χ0n) is 19.1. The minimum atomic E-state index is -1.49. The second-order valence-corrected chi connectivity index (χ2v) is 16.5. The van der Waals surface area contributed by atoms with E-state index in [0.29, 0.717) is 18.7 Å². The number of benzene rings is 1. The van der Waals surface area contributed by atoms with Crippen molar-refractivity contribution in [3.63, 3.8) is 0 Å². The summed E-state index contributed by atoms with van der Waals surface area (Å²) in [6.45, 7) is 19.7. The van der Waals surface area contributed by atoms with Crippen molar-refractivity contribution in [2.24, 2.45) is 11.8 Å². The SMILES string of the molecule is CC1=C(C)C(C)[C]([Ti](=[SiH]Cc2ccccc2)[C]2=C(C)C(C)=C(C)C2C)=C1C.Cl.Cl. The van der Waals surface area contributed by atoms with Crippen LogP contribution in [0.2, 0.25) is 0 Å². The minimum absolute atomic E-state index is 0. The summed E-state index contributed by atoms with van der Waals surface area (Å²) < 4.78 is 3.78. The Morgan fingerprint density at radius 2 is 1.10 bits per heavy atom. The predicted octanol–water partition coefficient (Wildman–Crippen LogP) is 7.52. The molecule has 0 heterocycles. The van der Waals surface area contributed by atoms with Gasteiger partial charge in [-0.25, -0.2) is 0 Å². The molecule has 0 saturated carbocycles. The van der Waals surface area contributed by atoms with Gasteiger partial charge in [0.1, 0.15) is 0 Å². The van der Waals surface area contributed by atoms with Gasteiger partial charge in [-0.05, 0) is 0 Å². The van der Waals surface area contributed by atoms with Gasteiger partial charge in [0.25, 0.3) is 0 Å². The first-order chi connectivity index (χ1) is 12.8. The molecule has 2 unspecified atom stereocenters. The third-order valence-corrected chi connectivity index (χ3v) is 18.1. The molecule has 0 amide bonds. The van der Waals surface area contributed by atoms with Crippen LogP contribution in [0.3, 0.4) is 0 Å². The van der Waals surface area contributed by atoms with Crippen molar-refractivity contribution in [1.82, 2.24) is 0 Å². The molecule has 0 radical (unpaired) electrons. The monoisotopic (exact) mass is 482 g/mol. The van der Waals surface area contributed by atoms with Crippen LogP contribution in [0.25, 0.3) is 0 Å². The van der Waals surface area contributed by atoms with E-state index in [1.165, 1.54) is 11.6 Å². The van der Waals surface area contributed by atoms with E-state index in [2.05, 4.69) is 85.7 Å². The summed E-state index contributed by atoms with van der Waals surface area (Å²) in [6.07, 6.45) is 0. The molecule has 4 heteroatoms. The topological polar surface area (TPSA) is 0 Å². The van der Waals surface area contributed by atoms with Gasteiger partial charge in [-0.15, -0.1) is 24.8 Å². The van der Waals surface area contributed by atoms with Crippen LogP contribution in [0, 0.1) is 11.8 Å². The van der Waals surface area contributed by atoms with Crippen LogP contribution < -0.4 is 0 Å². The van der Waals surface area contributed by atoms with Crippen LogP contribution >= 0.6 is 24.8 Å². The second-order valence-electron chi connectivity index (χ2n) is 8.44. The molecule has 0 N–H and O–H groups in total. The van der Waals surface area contributed by atoms with Crippen molar-refractivity contribution in [2.75, 3.05) is 0 Å². The Bertz CT molecular complexity index is 879. The van der Waals surface area contributed by atoms with E-state index < -0.39 is 16.6 Å². The van der Waals surface area contributed by atoms with Gasteiger partial charge in [0, 0.05) is 0 Å². The summed E-state index contributed by atoms with van der Waals surface area (Å²) in [7, 11) is 0. The van der Waals surface area contributed by atoms with Gasteiger partial charge < -0.3 is 0 Å². The normalized spacial score (nSPS) is 21.5. The zero-order valence-corrected chi connectivity index (χ0v) is 23.5. The molecule has 0 bridgehead atoms. The molecule has 0 nitrogen and oxygen atoms in total. The van der Waals surface area contributed by atoms with Crippen LogP contribution in [-0.2, 0) is 22.7 Å². The molecule has 1 aromatic carbocycles. The maximum atomic E-state index is 2.47. The summed E-state index contributed by atoms with van der Waals surface area (Å²) in [5, 5.41) is 0. The number of rotatable bonds is 4. The first-order valence-electron chi connectivity index (χ1n) is 10.3. The van der Waals surface area contributed by atoms with Gasteiger partial charge >= 0.3 is 174 Å². The summed E-state index contributed by atoms with van der Waals surface area (Å²) >= 11 is -1.49. The Morgan fingerprint density at radius 1 is 0.690 bits per heavy atom. The fourth-order valence-corrected chi connectivity index (χ4v) is 18.4. The number of hydrogen-bond acceptors (Lipinski definition) is 0. The quantitative estimate of drug-likeness (QED) is 0.389. The molecule has 0 spiro atoms.